The largest absolute Gasteiger partial charge is 0.486 e. The Morgan fingerprint density at radius 2 is 2.05 bits per heavy atom. The van der Waals surface area contributed by atoms with Crippen LogP contribution in [0.5, 0.6) is 5.75 Å². The molecule has 5 heteroatoms. The maximum atomic E-state index is 10.9. The van der Waals surface area contributed by atoms with E-state index in [1.165, 1.54) is 12.3 Å². The average molecular weight is 257 g/mol. The quantitative estimate of drug-likeness (QED) is 0.890. The van der Waals surface area contributed by atoms with Gasteiger partial charge in [0.1, 0.15) is 17.9 Å². The minimum Gasteiger partial charge on any atom is -0.486 e. The lowest BCUT2D eigenvalue weighted by Crippen LogP contribution is -2.02. The molecule has 0 aliphatic rings. The number of nitrogens with zero attached hydrogens (tertiary/aromatic N) is 1. The zero-order valence-electron chi connectivity index (χ0n) is 10.00. The second-order valence-corrected chi connectivity index (χ2v) is 3.83. The van der Waals surface area contributed by atoms with Gasteiger partial charge in [-0.3, -0.25) is 0 Å². The predicted octanol–water partition coefficient (Wildman–Crippen LogP) is 2.62. The fourth-order valence-corrected chi connectivity index (χ4v) is 1.59. The molecule has 2 rings (SSSR count). The summed E-state index contributed by atoms with van der Waals surface area (Å²) in [4.78, 5) is 10.9. The highest BCUT2D eigenvalue weighted by Gasteiger charge is 2.13. The lowest BCUT2D eigenvalue weighted by Gasteiger charge is -2.05. The Balaban J connectivity index is 2.00. The Morgan fingerprint density at radius 1 is 1.32 bits per heavy atom. The Labute approximate surface area is 109 Å². The van der Waals surface area contributed by atoms with Crippen molar-refractivity contribution in [2.75, 3.05) is 0 Å². The highest BCUT2D eigenvalue weighted by atomic mass is 16.5. The van der Waals surface area contributed by atoms with Crippen LogP contribution in [-0.4, -0.2) is 11.1 Å². The Kier molecular flexibility index (Phi) is 3.84. The van der Waals surface area contributed by atoms with Gasteiger partial charge in [0.25, 0.3) is 0 Å². The SMILES string of the molecule is N#CCc1ccc(OCc2occc2C(=O)O)cc1. The van der Waals surface area contributed by atoms with Crippen LogP contribution in [0.4, 0.5) is 0 Å². The van der Waals surface area contributed by atoms with Gasteiger partial charge in [-0.15, -0.1) is 0 Å². The monoisotopic (exact) mass is 257 g/mol. The van der Waals surface area contributed by atoms with Crippen LogP contribution in [0, 0.1) is 11.3 Å². The smallest absolute Gasteiger partial charge is 0.339 e. The predicted molar refractivity (Wildman–Crippen MR) is 65.8 cm³/mol. The molecule has 1 heterocycles. The van der Waals surface area contributed by atoms with E-state index in [1.54, 1.807) is 24.3 Å². The zero-order valence-corrected chi connectivity index (χ0v) is 10.00. The highest BCUT2D eigenvalue weighted by Crippen LogP contribution is 2.17. The summed E-state index contributed by atoms with van der Waals surface area (Å²) in [7, 11) is 0. The second-order valence-electron chi connectivity index (χ2n) is 3.83. The van der Waals surface area contributed by atoms with E-state index in [-0.39, 0.29) is 17.9 Å². The normalized spacial score (nSPS) is 9.84. The fraction of sp³-hybridized carbons (Fsp3) is 0.143. The number of carboxylic acids is 1. The lowest BCUT2D eigenvalue weighted by atomic mass is 10.2. The van der Waals surface area contributed by atoms with E-state index in [2.05, 4.69) is 6.07 Å². The standard InChI is InChI=1S/C14H11NO4/c15-7-5-10-1-3-11(4-2-10)19-9-13-12(14(16)17)6-8-18-13/h1-4,6,8H,5,9H2,(H,16,17). The van der Waals surface area contributed by atoms with Gasteiger partial charge in [0.05, 0.1) is 18.8 Å². The van der Waals surface area contributed by atoms with E-state index in [0.29, 0.717) is 12.2 Å². The summed E-state index contributed by atoms with van der Waals surface area (Å²) in [6.07, 6.45) is 1.67. The van der Waals surface area contributed by atoms with Crippen molar-refractivity contribution >= 4 is 5.97 Å². The molecule has 1 aromatic heterocycles. The molecule has 0 atom stereocenters. The van der Waals surface area contributed by atoms with Crippen LogP contribution >= 0.6 is 0 Å². The molecule has 0 saturated carbocycles. The maximum Gasteiger partial charge on any atom is 0.339 e. The first kappa shape index (κ1) is 12.7. The van der Waals surface area contributed by atoms with Crippen molar-refractivity contribution in [2.24, 2.45) is 0 Å². The van der Waals surface area contributed by atoms with Crippen molar-refractivity contribution < 1.29 is 19.1 Å². The van der Waals surface area contributed by atoms with Crippen molar-refractivity contribution in [3.8, 4) is 11.8 Å². The van der Waals surface area contributed by atoms with E-state index in [0.717, 1.165) is 5.56 Å². The van der Waals surface area contributed by atoms with Crippen molar-refractivity contribution in [1.82, 2.24) is 0 Å². The summed E-state index contributed by atoms with van der Waals surface area (Å²) in [5.74, 6) is -0.181. The van der Waals surface area contributed by atoms with Crippen LogP contribution in [-0.2, 0) is 13.0 Å². The van der Waals surface area contributed by atoms with Gasteiger partial charge in [-0.2, -0.15) is 5.26 Å². The van der Waals surface area contributed by atoms with Crippen molar-refractivity contribution in [3.05, 3.63) is 53.5 Å². The molecule has 96 valence electrons. The van der Waals surface area contributed by atoms with Crippen molar-refractivity contribution in [2.45, 2.75) is 13.0 Å². The molecule has 1 aromatic carbocycles. The summed E-state index contributed by atoms with van der Waals surface area (Å²) < 4.78 is 10.5. The fourth-order valence-electron chi connectivity index (χ4n) is 1.59. The molecule has 19 heavy (non-hydrogen) atoms. The van der Waals surface area contributed by atoms with E-state index in [9.17, 15) is 4.79 Å². The second kappa shape index (κ2) is 5.74. The number of carbonyl (C=O) groups is 1. The Morgan fingerprint density at radius 3 is 2.68 bits per heavy atom. The number of hydrogen-bond donors (Lipinski definition) is 1. The minimum atomic E-state index is -1.04. The van der Waals surface area contributed by atoms with Crippen LogP contribution in [0.2, 0.25) is 0 Å². The van der Waals surface area contributed by atoms with Crippen LogP contribution in [0.1, 0.15) is 21.7 Å². The first-order valence-corrected chi connectivity index (χ1v) is 5.59. The molecule has 0 unspecified atom stereocenters. The number of furan rings is 1. The summed E-state index contributed by atoms with van der Waals surface area (Å²) in [5, 5.41) is 17.5. The third-order valence-corrected chi connectivity index (χ3v) is 2.55. The topological polar surface area (TPSA) is 83.5 Å². The highest BCUT2D eigenvalue weighted by molar-refractivity contribution is 5.88. The van der Waals surface area contributed by atoms with Gasteiger partial charge in [0, 0.05) is 0 Å². The number of hydrogen-bond acceptors (Lipinski definition) is 4. The summed E-state index contributed by atoms with van der Waals surface area (Å²) in [6.45, 7) is 0.0478. The molecule has 0 amide bonds. The molecular weight excluding hydrogens is 246 g/mol. The average Bonchev–Trinajstić information content (AvgIpc) is 2.87. The van der Waals surface area contributed by atoms with Gasteiger partial charge < -0.3 is 14.3 Å². The molecular formula is C14H11NO4. The van der Waals surface area contributed by atoms with Gasteiger partial charge in [0.2, 0.25) is 0 Å². The van der Waals surface area contributed by atoms with Gasteiger partial charge in [0.15, 0.2) is 5.76 Å². The number of rotatable bonds is 5. The van der Waals surface area contributed by atoms with Crippen LogP contribution in [0.15, 0.2) is 41.0 Å². The van der Waals surface area contributed by atoms with Crippen LogP contribution in [0.25, 0.3) is 0 Å². The Bertz CT molecular complexity index is 607. The molecule has 0 spiro atoms. The van der Waals surface area contributed by atoms with Gasteiger partial charge >= 0.3 is 5.97 Å². The van der Waals surface area contributed by atoms with Crippen molar-refractivity contribution in [3.63, 3.8) is 0 Å². The van der Waals surface area contributed by atoms with E-state index >= 15 is 0 Å². The van der Waals surface area contributed by atoms with Crippen LogP contribution in [0.3, 0.4) is 0 Å². The van der Waals surface area contributed by atoms with E-state index in [4.69, 9.17) is 19.5 Å². The third kappa shape index (κ3) is 3.13. The molecule has 0 aliphatic carbocycles. The number of benzene rings is 1. The molecule has 0 radical (unpaired) electrons. The maximum absolute atomic E-state index is 10.9. The summed E-state index contributed by atoms with van der Waals surface area (Å²) >= 11 is 0. The Hall–Kier alpha value is -2.74. The number of ether oxygens (including phenoxy) is 1. The number of carboxylic acid groups (broad SMARTS) is 1. The lowest BCUT2D eigenvalue weighted by molar-refractivity contribution is 0.0692. The molecule has 5 nitrogen and oxygen atoms in total. The zero-order chi connectivity index (χ0) is 13.7. The van der Waals surface area contributed by atoms with E-state index < -0.39 is 5.97 Å². The van der Waals surface area contributed by atoms with Crippen LogP contribution < -0.4 is 4.74 Å². The first-order valence-electron chi connectivity index (χ1n) is 5.59. The summed E-state index contributed by atoms with van der Waals surface area (Å²) in [6, 6.07) is 10.5. The molecule has 2 aromatic rings. The van der Waals surface area contributed by atoms with Gasteiger partial charge in [-0.25, -0.2) is 4.79 Å². The van der Waals surface area contributed by atoms with Crippen molar-refractivity contribution in [1.29, 1.82) is 5.26 Å². The molecule has 0 saturated heterocycles. The van der Waals surface area contributed by atoms with Gasteiger partial charge in [-0.1, -0.05) is 12.1 Å². The molecule has 0 bridgehead atoms. The molecule has 0 aliphatic heterocycles. The number of aromatic carboxylic acids is 1. The molecule has 0 fully saturated rings. The first-order chi connectivity index (χ1) is 9.20. The third-order valence-electron chi connectivity index (χ3n) is 2.55. The van der Waals surface area contributed by atoms with E-state index in [1.807, 2.05) is 0 Å². The number of nitriles is 1. The summed E-state index contributed by atoms with van der Waals surface area (Å²) in [5.41, 5.74) is 1.00. The minimum absolute atomic E-state index is 0.0478. The van der Waals surface area contributed by atoms with Gasteiger partial charge in [-0.05, 0) is 23.8 Å². The molecule has 1 N–H and O–H groups in total.